The summed E-state index contributed by atoms with van der Waals surface area (Å²) in [5, 5.41) is 14.9. The number of rotatable bonds is 7. The molecule has 0 saturated carbocycles. The lowest BCUT2D eigenvalue weighted by Gasteiger charge is -2.02. The first-order chi connectivity index (χ1) is 14.1. The molecule has 0 aliphatic rings. The van der Waals surface area contributed by atoms with E-state index in [9.17, 15) is 9.18 Å². The SMILES string of the molecule is Cc1occc1-c1nnc(CCC(=O)Nc2cnn(Cc3cccc(F)c3)c2)o1. The van der Waals surface area contributed by atoms with Crippen LogP contribution < -0.4 is 5.32 Å². The van der Waals surface area contributed by atoms with E-state index in [4.69, 9.17) is 8.83 Å². The number of aryl methyl sites for hydroxylation is 2. The molecule has 29 heavy (non-hydrogen) atoms. The Morgan fingerprint density at radius 2 is 2.17 bits per heavy atom. The molecular weight excluding hydrogens is 377 g/mol. The number of halogens is 1. The van der Waals surface area contributed by atoms with Gasteiger partial charge in [-0.15, -0.1) is 10.2 Å². The van der Waals surface area contributed by atoms with Crippen molar-refractivity contribution in [1.29, 1.82) is 0 Å². The van der Waals surface area contributed by atoms with Gasteiger partial charge in [0.2, 0.25) is 11.8 Å². The summed E-state index contributed by atoms with van der Waals surface area (Å²) in [7, 11) is 0. The van der Waals surface area contributed by atoms with Gasteiger partial charge in [-0.2, -0.15) is 5.10 Å². The number of aromatic nitrogens is 4. The van der Waals surface area contributed by atoms with Gasteiger partial charge in [0.25, 0.3) is 5.89 Å². The van der Waals surface area contributed by atoms with Crippen LogP contribution in [0.5, 0.6) is 0 Å². The number of carbonyl (C=O) groups is 1. The molecule has 148 valence electrons. The Morgan fingerprint density at radius 3 is 2.97 bits per heavy atom. The molecule has 0 aliphatic heterocycles. The van der Waals surface area contributed by atoms with Gasteiger partial charge in [0.05, 0.1) is 30.3 Å². The molecule has 0 atom stereocenters. The zero-order chi connectivity index (χ0) is 20.2. The van der Waals surface area contributed by atoms with Crippen LogP contribution in [0.3, 0.4) is 0 Å². The Bertz CT molecular complexity index is 1130. The molecule has 3 aromatic heterocycles. The van der Waals surface area contributed by atoms with Gasteiger partial charge in [0, 0.05) is 19.0 Å². The number of hydrogen-bond donors (Lipinski definition) is 1. The van der Waals surface area contributed by atoms with Crippen molar-refractivity contribution in [1.82, 2.24) is 20.0 Å². The van der Waals surface area contributed by atoms with Gasteiger partial charge in [-0.25, -0.2) is 4.39 Å². The number of hydrogen-bond acceptors (Lipinski definition) is 6. The van der Waals surface area contributed by atoms with Crippen LogP contribution in [-0.2, 0) is 17.8 Å². The van der Waals surface area contributed by atoms with Crippen molar-refractivity contribution < 1.29 is 18.0 Å². The fourth-order valence-electron chi connectivity index (χ4n) is 2.85. The fourth-order valence-corrected chi connectivity index (χ4v) is 2.85. The summed E-state index contributed by atoms with van der Waals surface area (Å²) < 4.78 is 25.7. The zero-order valence-corrected chi connectivity index (χ0v) is 15.6. The van der Waals surface area contributed by atoms with Crippen LogP contribution in [0.15, 0.2) is 57.8 Å². The van der Waals surface area contributed by atoms with E-state index >= 15 is 0 Å². The summed E-state index contributed by atoms with van der Waals surface area (Å²) in [6.07, 6.45) is 5.28. The highest BCUT2D eigenvalue weighted by Gasteiger charge is 2.14. The van der Waals surface area contributed by atoms with Crippen molar-refractivity contribution in [3.63, 3.8) is 0 Å². The van der Waals surface area contributed by atoms with E-state index in [-0.39, 0.29) is 18.1 Å². The first-order valence-corrected chi connectivity index (χ1v) is 9.00. The van der Waals surface area contributed by atoms with Gasteiger partial charge in [-0.05, 0) is 30.7 Å². The molecule has 1 aromatic carbocycles. The maximum atomic E-state index is 13.3. The molecular formula is C20H18FN5O3. The summed E-state index contributed by atoms with van der Waals surface area (Å²) in [4.78, 5) is 12.2. The first kappa shape index (κ1) is 18.6. The standard InChI is InChI=1S/C20H18FN5O3/c1-13-17(7-8-28-13)20-25-24-19(29-20)6-5-18(27)23-16-10-22-26(12-16)11-14-3-2-4-15(21)9-14/h2-4,7-10,12H,5-6,11H2,1H3,(H,23,27). The van der Waals surface area contributed by atoms with Crippen LogP contribution in [0.2, 0.25) is 0 Å². The second-order valence-electron chi connectivity index (χ2n) is 6.50. The second-order valence-corrected chi connectivity index (χ2v) is 6.50. The van der Waals surface area contributed by atoms with Crippen LogP contribution in [0.1, 0.15) is 23.6 Å². The van der Waals surface area contributed by atoms with Gasteiger partial charge in [-0.3, -0.25) is 9.48 Å². The number of nitrogens with one attached hydrogen (secondary N) is 1. The summed E-state index contributed by atoms with van der Waals surface area (Å²) in [5.41, 5.74) is 2.08. The van der Waals surface area contributed by atoms with Crippen LogP contribution in [0, 0.1) is 12.7 Å². The van der Waals surface area contributed by atoms with Crippen molar-refractivity contribution in [2.24, 2.45) is 0 Å². The van der Waals surface area contributed by atoms with E-state index in [0.717, 1.165) is 11.1 Å². The fraction of sp³-hybridized carbons (Fsp3) is 0.200. The maximum absolute atomic E-state index is 13.3. The van der Waals surface area contributed by atoms with Crippen molar-refractivity contribution in [2.75, 3.05) is 5.32 Å². The summed E-state index contributed by atoms with van der Waals surface area (Å²) in [6.45, 7) is 2.22. The molecule has 0 bridgehead atoms. The van der Waals surface area contributed by atoms with E-state index in [1.165, 1.54) is 12.1 Å². The molecule has 0 spiro atoms. The lowest BCUT2D eigenvalue weighted by Crippen LogP contribution is -2.12. The Kier molecular flexibility index (Phi) is 5.19. The van der Waals surface area contributed by atoms with E-state index in [2.05, 4.69) is 20.6 Å². The van der Waals surface area contributed by atoms with E-state index in [0.29, 0.717) is 36.2 Å². The van der Waals surface area contributed by atoms with E-state index in [1.807, 2.05) is 6.07 Å². The van der Waals surface area contributed by atoms with E-state index in [1.54, 1.807) is 42.4 Å². The molecule has 4 rings (SSSR count). The van der Waals surface area contributed by atoms with Gasteiger partial charge in [0.15, 0.2) is 0 Å². The lowest BCUT2D eigenvalue weighted by molar-refractivity contribution is -0.116. The number of anilines is 1. The summed E-state index contributed by atoms with van der Waals surface area (Å²) in [5.74, 6) is 0.931. The molecule has 0 aliphatic carbocycles. The van der Waals surface area contributed by atoms with Crippen molar-refractivity contribution >= 4 is 11.6 Å². The van der Waals surface area contributed by atoms with Gasteiger partial charge in [-0.1, -0.05) is 12.1 Å². The minimum Gasteiger partial charge on any atom is -0.469 e. The minimum atomic E-state index is -0.296. The maximum Gasteiger partial charge on any atom is 0.251 e. The number of amides is 1. The number of carbonyl (C=O) groups excluding carboxylic acids is 1. The molecule has 9 heteroatoms. The molecule has 1 N–H and O–H groups in total. The molecule has 0 radical (unpaired) electrons. The molecule has 0 saturated heterocycles. The Balaban J connectivity index is 1.30. The summed E-state index contributed by atoms with van der Waals surface area (Å²) in [6, 6.07) is 8.05. The smallest absolute Gasteiger partial charge is 0.251 e. The quantitative estimate of drug-likeness (QED) is 0.513. The largest absolute Gasteiger partial charge is 0.469 e. The third-order valence-corrected chi connectivity index (χ3v) is 4.27. The highest BCUT2D eigenvalue weighted by molar-refractivity contribution is 5.90. The van der Waals surface area contributed by atoms with Gasteiger partial charge >= 0.3 is 0 Å². The zero-order valence-electron chi connectivity index (χ0n) is 15.6. The highest BCUT2D eigenvalue weighted by atomic mass is 19.1. The predicted molar refractivity (Wildman–Crippen MR) is 101 cm³/mol. The molecule has 8 nitrogen and oxygen atoms in total. The topological polar surface area (TPSA) is 99.0 Å². The molecule has 0 fully saturated rings. The molecule has 3 heterocycles. The second kappa shape index (κ2) is 8.09. The Morgan fingerprint density at radius 1 is 1.28 bits per heavy atom. The predicted octanol–water partition coefficient (Wildman–Crippen LogP) is 3.59. The first-order valence-electron chi connectivity index (χ1n) is 9.00. The van der Waals surface area contributed by atoms with Crippen molar-refractivity contribution in [2.45, 2.75) is 26.3 Å². The molecule has 4 aromatic rings. The third-order valence-electron chi connectivity index (χ3n) is 4.27. The minimum absolute atomic E-state index is 0.182. The monoisotopic (exact) mass is 395 g/mol. The van der Waals surface area contributed by atoms with Crippen LogP contribution >= 0.6 is 0 Å². The average Bonchev–Trinajstić information content (AvgIpc) is 3.41. The molecule has 0 unspecified atom stereocenters. The van der Waals surface area contributed by atoms with Crippen molar-refractivity contribution in [3.05, 3.63) is 72.0 Å². The molecule has 1 amide bonds. The van der Waals surface area contributed by atoms with E-state index < -0.39 is 0 Å². The average molecular weight is 395 g/mol. The normalized spacial score (nSPS) is 11.0. The third kappa shape index (κ3) is 4.57. The number of furan rings is 1. The number of nitrogens with zero attached hydrogens (tertiary/aromatic N) is 4. The van der Waals surface area contributed by atoms with Crippen LogP contribution in [0.25, 0.3) is 11.5 Å². The highest BCUT2D eigenvalue weighted by Crippen LogP contribution is 2.23. The van der Waals surface area contributed by atoms with Gasteiger partial charge in [0.1, 0.15) is 11.6 Å². The lowest BCUT2D eigenvalue weighted by atomic mass is 10.2. The van der Waals surface area contributed by atoms with Crippen LogP contribution in [-0.4, -0.2) is 25.9 Å². The Hall–Kier alpha value is -3.75. The number of benzene rings is 1. The van der Waals surface area contributed by atoms with Gasteiger partial charge < -0.3 is 14.2 Å². The Labute approximate surface area is 165 Å². The summed E-state index contributed by atoms with van der Waals surface area (Å²) >= 11 is 0. The van der Waals surface area contributed by atoms with Crippen molar-refractivity contribution in [3.8, 4) is 11.5 Å². The van der Waals surface area contributed by atoms with Crippen LogP contribution in [0.4, 0.5) is 10.1 Å².